The zero-order chi connectivity index (χ0) is 10.1. The van der Waals surface area contributed by atoms with Crippen molar-refractivity contribution >= 4 is 21.3 Å². The fraction of sp³-hybridized carbons (Fsp3) is 0.556. The van der Waals surface area contributed by atoms with Gasteiger partial charge in [0.2, 0.25) is 0 Å². The minimum absolute atomic E-state index is 0.205. The number of nitrogens with one attached hydrogen (secondary N) is 1. The summed E-state index contributed by atoms with van der Waals surface area (Å²) in [6.07, 6.45) is 1.28. The summed E-state index contributed by atoms with van der Waals surface area (Å²) in [4.78, 5) is 10.1. The zero-order valence-electron chi connectivity index (χ0n) is 7.90. The number of nitrogens with zero attached hydrogens (tertiary/aromatic N) is 1. The first-order valence-corrected chi connectivity index (χ1v) is 5.46. The second-order valence-corrected chi connectivity index (χ2v) is 4.81. The predicted octanol–water partition coefficient (Wildman–Crippen LogP) is 2.72. The summed E-state index contributed by atoms with van der Waals surface area (Å²) in [5.41, 5.74) is 0. The smallest absolute Gasteiger partial charge is 0.326 e. The van der Waals surface area contributed by atoms with Gasteiger partial charge in [0.25, 0.3) is 0 Å². The van der Waals surface area contributed by atoms with Gasteiger partial charge in [0.05, 0.1) is 9.92 Å². The molecule has 2 rings (SSSR count). The van der Waals surface area contributed by atoms with Crippen LogP contribution in [0.2, 0.25) is 0 Å². The summed E-state index contributed by atoms with van der Waals surface area (Å²) in [5.74, 6) is 1.58. The number of thiophene rings is 1. The third-order valence-corrected chi connectivity index (χ3v) is 3.58. The average molecular weight is 212 g/mol. The molecule has 1 N–H and O–H groups in total. The lowest BCUT2D eigenvalue weighted by Gasteiger charge is -1.99. The van der Waals surface area contributed by atoms with Crippen molar-refractivity contribution in [2.75, 3.05) is 11.9 Å². The molecule has 1 fully saturated rings. The van der Waals surface area contributed by atoms with Crippen molar-refractivity contribution in [2.45, 2.75) is 13.3 Å². The van der Waals surface area contributed by atoms with E-state index in [4.69, 9.17) is 0 Å². The van der Waals surface area contributed by atoms with Crippen molar-refractivity contribution in [2.24, 2.45) is 11.8 Å². The van der Waals surface area contributed by atoms with Crippen molar-refractivity contribution in [1.82, 2.24) is 0 Å². The second kappa shape index (κ2) is 3.57. The Morgan fingerprint density at radius 1 is 1.71 bits per heavy atom. The molecule has 1 aliphatic rings. The predicted molar refractivity (Wildman–Crippen MR) is 56.7 cm³/mol. The van der Waals surface area contributed by atoms with E-state index in [-0.39, 0.29) is 9.92 Å². The second-order valence-electron chi connectivity index (χ2n) is 3.75. The Bertz CT molecular complexity index is 350. The fourth-order valence-corrected chi connectivity index (χ4v) is 2.16. The van der Waals surface area contributed by atoms with Gasteiger partial charge in [-0.1, -0.05) is 6.92 Å². The van der Waals surface area contributed by atoms with E-state index in [2.05, 4.69) is 12.2 Å². The SMILES string of the molecule is CC1CC1CNc1ccc([N+](=O)[O-])s1. The average Bonchev–Trinajstić information content (AvgIpc) is 2.68. The molecule has 4 nitrogen and oxygen atoms in total. The molecule has 1 aromatic rings. The molecule has 0 spiro atoms. The number of hydrogen-bond donors (Lipinski definition) is 1. The summed E-state index contributed by atoms with van der Waals surface area (Å²) in [6, 6.07) is 3.32. The molecule has 5 heteroatoms. The quantitative estimate of drug-likeness (QED) is 0.616. The first-order valence-electron chi connectivity index (χ1n) is 4.65. The number of hydrogen-bond acceptors (Lipinski definition) is 4. The maximum absolute atomic E-state index is 10.4. The van der Waals surface area contributed by atoms with Crippen molar-refractivity contribution in [3.63, 3.8) is 0 Å². The Kier molecular flexibility index (Phi) is 2.41. The van der Waals surface area contributed by atoms with Crippen LogP contribution in [-0.2, 0) is 0 Å². The van der Waals surface area contributed by atoms with Crippen LogP contribution in [-0.4, -0.2) is 11.5 Å². The van der Waals surface area contributed by atoms with Crippen molar-refractivity contribution < 1.29 is 4.92 Å². The molecule has 0 aromatic carbocycles. The molecule has 76 valence electrons. The van der Waals surface area contributed by atoms with E-state index < -0.39 is 0 Å². The molecule has 0 aliphatic heterocycles. The third-order valence-electron chi connectivity index (χ3n) is 2.59. The Morgan fingerprint density at radius 2 is 2.43 bits per heavy atom. The van der Waals surface area contributed by atoms with Gasteiger partial charge in [-0.25, -0.2) is 0 Å². The number of nitro groups is 1. The van der Waals surface area contributed by atoms with Gasteiger partial charge in [-0.2, -0.15) is 0 Å². The summed E-state index contributed by atoms with van der Waals surface area (Å²) in [6.45, 7) is 3.17. The molecule has 14 heavy (non-hydrogen) atoms. The van der Waals surface area contributed by atoms with E-state index in [1.54, 1.807) is 12.1 Å². The highest BCUT2D eigenvalue weighted by Crippen LogP contribution is 2.38. The Labute approximate surface area is 86.1 Å². The van der Waals surface area contributed by atoms with Gasteiger partial charge < -0.3 is 5.32 Å². The summed E-state index contributed by atoms with van der Waals surface area (Å²) >= 11 is 1.20. The van der Waals surface area contributed by atoms with Crippen LogP contribution in [0, 0.1) is 22.0 Å². The topological polar surface area (TPSA) is 55.2 Å². The Hall–Kier alpha value is -1.10. The van der Waals surface area contributed by atoms with Gasteiger partial charge >= 0.3 is 5.00 Å². The van der Waals surface area contributed by atoms with Crippen LogP contribution in [0.3, 0.4) is 0 Å². The zero-order valence-corrected chi connectivity index (χ0v) is 8.71. The standard InChI is InChI=1S/C9H12N2O2S/c1-6-4-7(6)5-10-8-2-3-9(14-8)11(12)13/h2-3,6-7,10H,4-5H2,1H3. The van der Waals surface area contributed by atoms with Gasteiger partial charge in [-0.15, -0.1) is 0 Å². The van der Waals surface area contributed by atoms with Gasteiger partial charge in [-0.05, 0) is 35.7 Å². The van der Waals surface area contributed by atoms with E-state index in [1.165, 1.54) is 17.8 Å². The van der Waals surface area contributed by atoms with E-state index in [0.29, 0.717) is 0 Å². The molecule has 2 unspecified atom stereocenters. The van der Waals surface area contributed by atoms with E-state index >= 15 is 0 Å². The monoisotopic (exact) mass is 212 g/mol. The Morgan fingerprint density at radius 3 is 2.93 bits per heavy atom. The molecule has 0 bridgehead atoms. The van der Waals surface area contributed by atoms with Gasteiger partial charge in [0.1, 0.15) is 0 Å². The molecular weight excluding hydrogens is 200 g/mol. The minimum atomic E-state index is -0.352. The normalized spacial score (nSPS) is 24.6. The van der Waals surface area contributed by atoms with Gasteiger partial charge in [-0.3, -0.25) is 10.1 Å². The molecule has 2 atom stereocenters. The molecule has 0 radical (unpaired) electrons. The van der Waals surface area contributed by atoms with Crippen LogP contribution in [0.1, 0.15) is 13.3 Å². The highest BCUT2D eigenvalue weighted by Gasteiger charge is 2.31. The molecule has 1 aliphatic carbocycles. The summed E-state index contributed by atoms with van der Waals surface area (Å²) in [5, 5.41) is 14.7. The number of rotatable bonds is 4. The lowest BCUT2D eigenvalue weighted by Crippen LogP contribution is -2.02. The highest BCUT2D eigenvalue weighted by atomic mass is 32.1. The van der Waals surface area contributed by atoms with Crippen LogP contribution in [0.4, 0.5) is 10.0 Å². The van der Waals surface area contributed by atoms with Crippen molar-refractivity contribution in [3.8, 4) is 0 Å². The van der Waals surface area contributed by atoms with Crippen molar-refractivity contribution in [3.05, 3.63) is 22.2 Å². The third kappa shape index (κ3) is 2.04. The minimum Gasteiger partial charge on any atom is -0.376 e. The van der Waals surface area contributed by atoms with Gasteiger partial charge in [0, 0.05) is 12.6 Å². The molecule has 1 saturated carbocycles. The lowest BCUT2D eigenvalue weighted by molar-refractivity contribution is -0.380. The van der Waals surface area contributed by atoms with Crippen LogP contribution in [0.15, 0.2) is 12.1 Å². The fourth-order valence-electron chi connectivity index (χ4n) is 1.44. The van der Waals surface area contributed by atoms with Crippen molar-refractivity contribution in [1.29, 1.82) is 0 Å². The molecular formula is C9H12N2O2S. The molecule has 0 saturated heterocycles. The lowest BCUT2D eigenvalue weighted by atomic mass is 10.3. The molecule has 1 aromatic heterocycles. The van der Waals surface area contributed by atoms with Crippen LogP contribution in [0.5, 0.6) is 0 Å². The Balaban J connectivity index is 1.87. The van der Waals surface area contributed by atoms with E-state index in [9.17, 15) is 10.1 Å². The van der Waals surface area contributed by atoms with E-state index in [0.717, 1.165) is 23.4 Å². The maximum atomic E-state index is 10.4. The highest BCUT2D eigenvalue weighted by molar-refractivity contribution is 7.19. The molecule has 0 amide bonds. The largest absolute Gasteiger partial charge is 0.376 e. The van der Waals surface area contributed by atoms with Gasteiger partial charge in [0.15, 0.2) is 0 Å². The van der Waals surface area contributed by atoms with E-state index in [1.807, 2.05) is 0 Å². The summed E-state index contributed by atoms with van der Waals surface area (Å²) < 4.78 is 0. The first-order chi connectivity index (χ1) is 6.66. The molecule has 1 heterocycles. The maximum Gasteiger partial charge on any atom is 0.326 e. The first kappa shape index (κ1) is 9.45. The van der Waals surface area contributed by atoms with Crippen LogP contribution < -0.4 is 5.32 Å². The summed E-state index contributed by atoms with van der Waals surface area (Å²) in [7, 11) is 0. The van der Waals surface area contributed by atoms with Crippen LogP contribution in [0.25, 0.3) is 0 Å². The number of anilines is 1. The van der Waals surface area contributed by atoms with Crippen LogP contribution >= 0.6 is 11.3 Å².